The minimum Gasteiger partial charge on any atom is -0.381 e. The van der Waals surface area contributed by atoms with E-state index in [0.717, 1.165) is 71.0 Å². The summed E-state index contributed by atoms with van der Waals surface area (Å²) in [6.45, 7) is 8.17. The molecule has 2 fully saturated rings. The van der Waals surface area contributed by atoms with Gasteiger partial charge in [-0.05, 0) is 44.4 Å². The van der Waals surface area contributed by atoms with Crippen LogP contribution in [0, 0.1) is 6.92 Å². The summed E-state index contributed by atoms with van der Waals surface area (Å²) in [4.78, 5) is 7.03. The standard InChI is InChI=1S/C22H36N4OS.HI/c1-18-5-4-6-19(15-18)16-26-11-7-20(8-12-26)25-21(23-2)24-17-22(28-3)9-13-27-14-10-22;/h4-6,15,20H,7-14,16-17H2,1-3H3,(H2,23,24,25);1H. The zero-order chi connectivity index (χ0) is 19.8. The van der Waals surface area contributed by atoms with Crippen molar-refractivity contribution in [2.75, 3.05) is 46.2 Å². The highest BCUT2D eigenvalue weighted by Crippen LogP contribution is 2.32. The summed E-state index contributed by atoms with van der Waals surface area (Å²) < 4.78 is 5.82. The van der Waals surface area contributed by atoms with Crippen LogP contribution in [0.25, 0.3) is 0 Å². The maximum Gasteiger partial charge on any atom is 0.191 e. The molecule has 0 saturated carbocycles. The Bertz CT molecular complexity index is 643. The minimum absolute atomic E-state index is 0. The van der Waals surface area contributed by atoms with Crippen LogP contribution in [0.2, 0.25) is 0 Å². The van der Waals surface area contributed by atoms with E-state index in [1.54, 1.807) is 0 Å². The Hall–Kier alpha value is -0.510. The molecule has 0 spiro atoms. The number of likely N-dealkylation sites (tertiary alicyclic amines) is 1. The van der Waals surface area contributed by atoms with Crippen LogP contribution in [0.1, 0.15) is 36.8 Å². The molecule has 0 atom stereocenters. The molecule has 2 aliphatic rings. The van der Waals surface area contributed by atoms with Gasteiger partial charge < -0.3 is 15.4 Å². The molecular weight excluding hydrogens is 495 g/mol. The number of rotatable bonds is 6. The van der Waals surface area contributed by atoms with Gasteiger partial charge in [-0.25, -0.2) is 0 Å². The van der Waals surface area contributed by atoms with Gasteiger partial charge in [-0.15, -0.1) is 24.0 Å². The first-order valence-electron chi connectivity index (χ1n) is 10.5. The van der Waals surface area contributed by atoms with Crippen LogP contribution in [-0.4, -0.2) is 67.8 Å². The zero-order valence-corrected chi connectivity index (χ0v) is 21.2. The van der Waals surface area contributed by atoms with Crippen molar-refractivity contribution in [3.8, 4) is 0 Å². The fourth-order valence-electron chi connectivity index (χ4n) is 4.13. The van der Waals surface area contributed by atoms with Crippen molar-refractivity contribution in [2.24, 2.45) is 4.99 Å². The Balaban J connectivity index is 0.00000300. The predicted octanol–water partition coefficient (Wildman–Crippen LogP) is 3.65. The number of benzene rings is 1. The van der Waals surface area contributed by atoms with Crippen LogP contribution < -0.4 is 10.6 Å². The molecule has 2 saturated heterocycles. The van der Waals surface area contributed by atoms with Gasteiger partial charge >= 0.3 is 0 Å². The predicted molar refractivity (Wildman–Crippen MR) is 136 cm³/mol. The van der Waals surface area contributed by atoms with E-state index in [1.165, 1.54) is 11.1 Å². The van der Waals surface area contributed by atoms with E-state index < -0.39 is 0 Å². The van der Waals surface area contributed by atoms with Crippen LogP contribution in [0.3, 0.4) is 0 Å². The van der Waals surface area contributed by atoms with Gasteiger partial charge in [0.2, 0.25) is 0 Å². The second kappa shape index (κ2) is 12.4. The van der Waals surface area contributed by atoms with Crippen molar-refractivity contribution in [1.82, 2.24) is 15.5 Å². The van der Waals surface area contributed by atoms with Crippen molar-refractivity contribution < 1.29 is 4.74 Å². The van der Waals surface area contributed by atoms with Gasteiger partial charge in [0.25, 0.3) is 0 Å². The second-order valence-electron chi connectivity index (χ2n) is 8.11. The number of guanidine groups is 1. The number of ether oxygens (including phenoxy) is 1. The Morgan fingerprint density at radius 1 is 1.28 bits per heavy atom. The van der Waals surface area contributed by atoms with E-state index in [9.17, 15) is 0 Å². The van der Waals surface area contributed by atoms with Crippen LogP contribution in [0.4, 0.5) is 0 Å². The van der Waals surface area contributed by atoms with E-state index >= 15 is 0 Å². The zero-order valence-electron chi connectivity index (χ0n) is 18.1. The molecule has 1 aromatic carbocycles. The molecular formula is C22H37IN4OS. The minimum atomic E-state index is 0. The molecule has 2 N–H and O–H groups in total. The van der Waals surface area contributed by atoms with Crippen LogP contribution in [-0.2, 0) is 11.3 Å². The molecule has 29 heavy (non-hydrogen) atoms. The monoisotopic (exact) mass is 532 g/mol. The van der Waals surface area contributed by atoms with Gasteiger partial charge in [0.05, 0.1) is 0 Å². The lowest BCUT2D eigenvalue weighted by Gasteiger charge is -2.37. The first-order valence-corrected chi connectivity index (χ1v) is 11.7. The molecule has 0 aromatic heterocycles. The van der Waals surface area contributed by atoms with Gasteiger partial charge in [0.15, 0.2) is 5.96 Å². The summed E-state index contributed by atoms with van der Waals surface area (Å²) in [5.41, 5.74) is 2.76. The second-order valence-corrected chi connectivity index (χ2v) is 9.38. The van der Waals surface area contributed by atoms with Crippen LogP contribution >= 0.6 is 35.7 Å². The van der Waals surface area contributed by atoms with E-state index in [4.69, 9.17) is 4.74 Å². The number of hydrogen-bond acceptors (Lipinski definition) is 4. The molecule has 0 bridgehead atoms. The summed E-state index contributed by atoms with van der Waals surface area (Å²) in [5, 5.41) is 7.24. The first kappa shape index (κ1) is 24.8. The summed E-state index contributed by atoms with van der Waals surface area (Å²) in [6, 6.07) is 9.36. The van der Waals surface area contributed by atoms with Crippen molar-refractivity contribution in [3.63, 3.8) is 0 Å². The lowest BCUT2D eigenvalue weighted by atomic mass is 9.99. The average Bonchev–Trinajstić information content (AvgIpc) is 2.73. The molecule has 0 radical (unpaired) electrons. The van der Waals surface area contributed by atoms with E-state index in [1.807, 2.05) is 18.8 Å². The Kier molecular flexibility index (Phi) is 10.6. The fourth-order valence-corrected chi connectivity index (χ4v) is 4.92. The van der Waals surface area contributed by atoms with E-state index in [2.05, 4.69) is 58.0 Å². The molecule has 0 amide bonds. The Morgan fingerprint density at radius 3 is 2.62 bits per heavy atom. The topological polar surface area (TPSA) is 48.9 Å². The normalized spacial score (nSPS) is 20.7. The number of hydrogen-bond donors (Lipinski definition) is 2. The first-order chi connectivity index (χ1) is 13.6. The third kappa shape index (κ3) is 7.60. The number of thioether (sulfide) groups is 1. The van der Waals surface area contributed by atoms with Gasteiger partial charge in [0, 0.05) is 57.2 Å². The molecule has 164 valence electrons. The maximum absolute atomic E-state index is 5.55. The average molecular weight is 533 g/mol. The van der Waals surface area contributed by atoms with Crippen molar-refractivity contribution in [2.45, 2.75) is 49.9 Å². The molecule has 2 aliphatic heterocycles. The fraction of sp³-hybridized carbons (Fsp3) is 0.682. The highest BCUT2D eigenvalue weighted by atomic mass is 127. The van der Waals surface area contributed by atoms with Crippen molar-refractivity contribution >= 4 is 41.7 Å². The lowest BCUT2D eigenvalue weighted by molar-refractivity contribution is 0.0782. The number of nitrogens with zero attached hydrogens (tertiary/aromatic N) is 2. The van der Waals surface area contributed by atoms with Crippen LogP contribution in [0.5, 0.6) is 0 Å². The molecule has 3 rings (SSSR count). The molecule has 7 heteroatoms. The van der Waals surface area contributed by atoms with Gasteiger partial charge in [-0.2, -0.15) is 11.8 Å². The number of nitrogens with one attached hydrogen (secondary N) is 2. The van der Waals surface area contributed by atoms with Gasteiger partial charge in [-0.1, -0.05) is 29.8 Å². The molecule has 0 aliphatic carbocycles. The third-order valence-electron chi connectivity index (χ3n) is 6.06. The maximum atomic E-state index is 5.55. The highest BCUT2D eigenvalue weighted by molar-refractivity contribution is 14.0. The Labute approximate surface area is 197 Å². The highest BCUT2D eigenvalue weighted by Gasteiger charge is 2.32. The number of halogens is 1. The summed E-state index contributed by atoms with van der Waals surface area (Å²) >= 11 is 1.96. The van der Waals surface area contributed by atoms with Gasteiger partial charge in [0.1, 0.15) is 0 Å². The van der Waals surface area contributed by atoms with Gasteiger partial charge in [-0.3, -0.25) is 9.89 Å². The third-order valence-corrected chi connectivity index (χ3v) is 7.47. The largest absolute Gasteiger partial charge is 0.381 e. The summed E-state index contributed by atoms with van der Waals surface area (Å²) in [5.74, 6) is 0.942. The van der Waals surface area contributed by atoms with Crippen molar-refractivity contribution in [3.05, 3.63) is 35.4 Å². The molecule has 0 unspecified atom stereocenters. The molecule has 5 nitrogen and oxygen atoms in total. The number of aryl methyl sites for hydroxylation is 1. The van der Waals surface area contributed by atoms with Crippen LogP contribution in [0.15, 0.2) is 29.3 Å². The van der Waals surface area contributed by atoms with E-state index in [-0.39, 0.29) is 28.7 Å². The Morgan fingerprint density at radius 2 is 2.00 bits per heavy atom. The smallest absolute Gasteiger partial charge is 0.191 e. The molecule has 1 aromatic rings. The number of aliphatic imine (C=N–C) groups is 1. The molecule has 2 heterocycles. The van der Waals surface area contributed by atoms with E-state index in [0.29, 0.717) is 6.04 Å². The quantitative estimate of drug-likeness (QED) is 0.333. The summed E-state index contributed by atoms with van der Waals surface area (Å²) in [7, 11) is 1.87. The summed E-state index contributed by atoms with van der Waals surface area (Å²) in [6.07, 6.45) is 6.75. The van der Waals surface area contributed by atoms with Crippen molar-refractivity contribution in [1.29, 1.82) is 0 Å². The lowest BCUT2D eigenvalue weighted by Crippen LogP contribution is -2.52. The number of piperidine rings is 1. The SMILES string of the molecule is CN=C(NCC1(SC)CCOCC1)NC1CCN(Cc2cccc(C)c2)CC1.I.